The van der Waals surface area contributed by atoms with Gasteiger partial charge in [0.15, 0.2) is 0 Å². The van der Waals surface area contributed by atoms with E-state index in [2.05, 4.69) is 454 Å². The number of hydrogen-bond acceptors (Lipinski definition) is 7. The van der Waals surface area contributed by atoms with E-state index in [1.165, 1.54) is 205 Å². The summed E-state index contributed by atoms with van der Waals surface area (Å²) in [6.45, 7) is 16.8. The van der Waals surface area contributed by atoms with Crippen LogP contribution in [0.2, 0.25) is 0 Å². The van der Waals surface area contributed by atoms with Crippen LogP contribution in [0.4, 0.5) is 0 Å². The van der Waals surface area contributed by atoms with Gasteiger partial charge in [0.1, 0.15) is 0 Å². The molecule has 0 aliphatic carbocycles. The normalized spacial score (nSPS) is 15.1. The Bertz CT molecular complexity index is 7550. The van der Waals surface area contributed by atoms with Crippen LogP contribution in [0.15, 0.2) is 416 Å². The Morgan fingerprint density at radius 1 is 0.180 bits per heavy atom. The molecule has 0 aromatic heterocycles. The van der Waals surface area contributed by atoms with Crippen LogP contribution in [-0.4, -0.2) is 36.6 Å². The van der Waals surface area contributed by atoms with Crippen LogP contribution in [0.5, 0.6) is 0 Å². The van der Waals surface area contributed by atoms with Crippen molar-refractivity contribution in [2.24, 2.45) is 0 Å². The number of halogens is 1. The molecule has 0 radical (unpaired) electrons. The van der Waals surface area contributed by atoms with E-state index in [9.17, 15) is 0 Å². The lowest BCUT2D eigenvalue weighted by Gasteiger charge is -2.32. The predicted octanol–water partition coefficient (Wildman–Crippen LogP) is 32.6. The monoisotopic (exact) mass is 1760 g/mol. The maximum Gasteiger partial charge on any atom is 0.495 e. The van der Waals surface area contributed by atoms with Crippen LogP contribution < -0.4 is 10.9 Å². The fourth-order valence-electron chi connectivity index (χ4n) is 19.8. The summed E-state index contributed by atoms with van der Waals surface area (Å²) in [5.74, 6) is 0. The Hall–Kier alpha value is -12.3. The van der Waals surface area contributed by atoms with E-state index in [1.807, 2.05) is 35.3 Å². The molecule has 0 unspecified atom stereocenters. The zero-order valence-electron chi connectivity index (χ0n) is 72.3. The van der Waals surface area contributed by atoms with E-state index in [0.717, 1.165) is 26.2 Å². The van der Waals surface area contributed by atoms with Crippen LogP contribution in [0.25, 0.3) is 187 Å². The van der Waals surface area contributed by atoms with Crippen molar-refractivity contribution in [3.05, 3.63) is 387 Å². The third-order valence-electron chi connectivity index (χ3n) is 27.7. The number of fused-ring (bicyclic) bond motifs is 10. The molecule has 614 valence electrons. The van der Waals surface area contributed by atoms with Crippen molar-refractivity contribution in [3.8, 4) is 111 Å². The molecule has 5 aliphatic heterocycles. The van der Waals surface area contributed by atoms with Crippen molar-refractivity contribution in [1.29, 1.82) is 0 Å². The van der Waals surface area contributed by atoms with E-state index in [1.54, 1.807) is 0 Å². The second-order valence-electron chi connectivity index (χ2n) is 36.1. The molecule has 128 heavy (non-hydrogen) atoms. The van der Waals surface area contributed by atoms with Crippen molar-refractivity contribution >= 4 is 152 Å². The highest BCUT2D eigenvalue weighted by molar-refractivity contribution is 9.10. The minimum absolute atomic E-state index is 0.392. The lowest BCUT2D eigenvalue weighted by molar-refractivity contribution is 0.00578. The molecule has 0 spiro atoms. The van der Waals surface area contributed by atoms with Crippen LogP contribution in [-0.2, 0) is 18.6 Å². The van der Waals surface area contributed by atoms with E-state index < -0.39 is 36.6 Å². The molecule has 0 atom stereocenters. The summed E-state index contributed by atoms with van der Waals surface area (Å²) in [7, 11) is -0.831. The molecule has 0 saturated carbocycles. The highest BCUT2D eigenvalue weighted by atomic mass is 79.9. The lowest BCUT2D eigenvalue weighted by atomic mass is 9.73. The van der Waals surface area contributed by atoms with E-state index >= 15 is 0 Å². The van der Waals surface area contributed by atoms with E-state index in [0.29, 0.717) is 0 Å². The lowest BCUT2D eigenvalue weighted by Crippen LogP contribution is -2.41. The largest absolute Gasteiger partial charge is 0.495 e. The molecule has 20 aromatic rings. The van der Waals surface area contributed by atoms with Crippen molar-refractivity contribution in [3.63, 3.8) is 0 Å². The fraction of sp³-hybridized carbons (Fsp3) is 0.102. The van der Waals surface area contributed by atoms with Gasteiger partial charge >= 0.3 is 14.2 Å². The van der Waals surface area contributed by atoms with Gasteiger partial charge in [-0.2, -0.15) is 0 Å². The van der Waals surface area contributed by atoms with Crippen LogP contribution in [0.1, 0.15) is 55.4 Å². The van der Waals surface area contributed by atoms with Gasteiger partial charge in [0.05, 0.1) is 22.4 Å². The zero-order chi connectivity index (χ0) is 86.5. The molecule has 20 aromatic carbocycles. The maximum atomic E-state index is 6.43. The van der Waals surface area contributed by atoms with Gasteiger partial charge in [-0.25, -0.2) is 0 Å². The summed E-state index contributed by atoms with van der Waals surface area (Å²) < 4.78 is 26.8. The first-order chi connectivity index (χ1) is 62.4. The molecule has 5 aliphatic rings. The second kappa shape index (κ2) is 31.6. The number of rotatable bonds is 9. The standard InChI is InChI=1S/C64H38S2.C32H36B2O4.C22H13BrS/c1-3-13-49-47(11-1)43(39-23-27-41(28-24-39)45-35-37-61-63-55(45)17-9-19-57(63)53-15-5-7-21-59(53)65-61)31-33-51(49)52-34-32-44(48-12-2-4-14-50(48)52)40-25-29-42(30-26-40)46-36-38-62-64-56(46)18-10-20-58(64)54-16-6-8-22-60(54)66-62;1-29(2)30(3,4)36-33(35-29)27-19-17-23(21-13-9-11-15-25(21)27)24-18-20-28(26-16-12-10-14-22(24)26)34-37-31(5,6)32(7,8)38-34;23-15-10-8-14(9-11-15)16-12-13-21-22-18(16)5-3-6-19(22)17-4-1-2-7-20(17)24-21/h1-38H;9-20H,1-8H3;1-13H. The highest BCUT2D eigenvalue weighted by Crippen LogP contribution is 2.55. The van der Waals surface area contributed by atoms with Gasteiger partial charge in [-0.15, -0.1) is 0 Å². The first kappa shape index (κ1) is 80.3. The summed E-state index contributed by atoms with van der Waals surface area (Å²) in [4.78, 5) is 7.99. The Morgan fingerprint density at radius 3 is 0.695 bits per heavy atom. The molecule has 10 heteroatoms. The second-order valence-corrected chi connectivity index (χ2v) is 40.2. The Morgan fingerprint density at radius 2 is 0.391 bits per heavy atom. The van der Waals surface area contributed by atoms with Crippen LogP contribution in [0, 0.1) is 0 Å². The average Bonchev–Trinajstić information content (AvgIpc) is 1.68. The molecular formula is C118H87B2BrO4S3. The van der Waals surface area contributed by atoms with Gasteiger partial charge < -0.3 is 18.6 Å². The Kier molecular flexibility index (Phi) is 19.8. The van der Waals surface area contributed by atoms with Gasteiger partial charge in [0.25, 0.3) is 0 Å². The van der Waals surface area contributed by atoms with Crippen molar-refractivity contribution in [2.75, 3.05) is 0 Å². The van der Waals surface area contributed by atoms with Crippen molar-refractivity contribution in [2.45, 2.75) is 107 Å². The van der Waals surface area contributed by atoms with E-state index in [4.69, 9.17) is 18.6 Å². The minimum atomic E-state index is -0.415. The third kappa shape index (κ3) is 13.6. The van der Waals surface area contributed by atoms with Crippen LogP contribution in [0.3, 0.4) is 0 Å². The molecule has 4 nitrogen and oxygen atoms in total. The molecule has 0 bridgehead atoms. The first-order valence-corrected chi connectivity index (χ1v) is 47.4. The molecule has 5 heterocycles. The average molecular weight is 1770 g/mol. The van der Waals surface area contributed by atoms with Gasteiger partial charge in [0, 0.05) is 50.0 Å². The van der Waals surface area contributed by atoms with Gasteiger partial charge in [-0.1, -0.05) is 385 Å². The number of benzene rings is 20. The highest BCUT2D eigenvalue weighted by Gasteiger charge is 2.53. The minimum Gasteiger partial charge on any atom is -0.399 e. The Balaban J connectivity index is 0.000000126. The zero-order valence-corrected chi connectivity index (χ0v) is 76.3. The summed E-state index contributed by atoms with van der Waals surface area (Å²) in [6.07, 6.45) is 0. The first-order valence-electron chi connectivity index (χ1n) is 44.1. The number of hydrogen-bond donors (Lipinski definition) is 0. The summed E-state index contributed by atoms with van der Waals surface area (Å²) in [6, 6.07) is 140. The molecule has 25 rings (SSSR count). The van der Waals surface area contributed by atoms with Gasteiger partial charge in [0.2, 0.25) is 0 Å². The molecule has 0 amide bonds. The fourth-order valence-corrected chi connectivity index (χ4v) is 23.5. The summed E-state index contributed by atoms with van der Waals surface area (Å²) in [5, 5.41) is 17.7. The van der Waals surface area contributed by atoms with E-state index in [-0.39, 0.29) is 0 Å². The molecule has 0 N–H and O–H groups in total. The maximum absolute atomic E-state index is 6.43. The SMILES string of the molecule is Brc1ccc(-c2ccc3c4c(cccc24)-c2ccccc2S3)cc1.CC1(C)OB(c2ccc(-c3ccc(B4OC(C)(C)C(C)(C)O4)c4ccccc34)c3ccccc23)OC1(C)C.c1ccc2c(c1)Sc1ccc(-c3ccc(-c4ccc(-c5ccc(-c6ccc(-c7ccc8c9c(cccc79)-c7ccccc7S8)cc6)c6ccccc56)c5ccccc45)cc3)c3cccc-2c13. The van der Waals surface area contributed by atoms with Gasteiger partial charge in [-0.05, 0) is 285 Å². The van der Waals surface area contributed by atoms with Gasteiger partial charge in [-0.3, -0.25) is 0 Å². The smallest absolute Gasteiger partial charge is 0.399 e. The summed E-state index contributed by atoms with van der Waals surface area (Å²) >= 11 is 9.16. The quantitative estimate of drug-likeness (QED) is 0.133. The third-order valence-corrected chi connectivity index (χ3v) is 31.7. The van der Waals surface area contributed by atoms with Crippen molar-refractivity contribution < 1.29 is 18.6 Å². The Labute approximate surface area is 769 Å². The molecular weight excluding hydrogens is 1680 g/mol. The summed E-state index contributed by atoms with van der Waals surface area (Å²) in [5.41, 5.74) is 25.8. The van der Waals surface area contributed by atoms with Crippen molar-refractivity contribution in [1.82, 2.24) is 0 Å². The molecule has 2 fully saturated rings. The predicted molar refractivity (Wildman–Crippen MR) is 548 cm³/mol. The topological polar surface area (TPSA) is 36.9 Å². The van der Waals surface area contributed by atoms with Crippen LogP contribution >= 0.6 is 51.2 Å². The molecule has 2 saturated heterocycles.